The second-order valence-electron chi connectivity index (χ2n) is 4.44. The molecule has 0 heterocycles. The van der Waals surface area contributed by atoms with Gasteiger partial charge in [-0.3, -0.25) is 4.79 Å². The number of nitrogens with one attached hydrogen (secondary N) is 1. The minimum absolute atomic E-state index is 0.310. The fourth-order valence-electron chi connectivity index (χ4n) is 1.80. The lowest BCUT2D eigenvalue weighted by Crippen LogP contribution is -2.17. The number of hydrogen-bond acceptors (Lipinski definition) is 4. The smallest absolute Gasteiger partial charge is 0.271 e. The second-order valence-corrected chi connectivity index (χ2v) is 4.44. The SMILES string of the molecule is COc1ccc(C(=O)N/N=C/c2ccc(F)c(F)c2)cc1OC. The van der Waals surface area contributed by atoms with E-state index < -0.39 is 17.5 Å². The van der Waals surface area contributed by atoms with Crippen LogP contribution in [0.25, 0.3) is 0 Å². The molecule has 5 nitrogen and oxygen atoms in total. The van der Waals surface area contributed by atoms with Crippen molar-refractivity contribution >= 4 is 12.1 Å². The van der Waals surface area contributed by atoms with Crippen LogP contribution >= 0.6 is 0 Å². The van der Waals surface area contributed by atoms with Crippen molar-refractivity contribution in [3.05, 3.63) is 59.2 Å². The lowest BCUT2D eigenvalue weighted by Gasteiger charge is -2.08. The molecule has 7 heteroatoms. The lowest BCUT2D eigenvalue weighted by molar-refractivity contribution is 0.0954. The van der Waals surface area contributed by atoms with Gasteiger partial charge in [-0.1, -0.05) is 6.07 Å². The van der Waals surface area contributed by atoms with Crippen molar-refractivity contribution in [3.63, 3.8) is 0 Å². The summed E-state index contributed by atoms with van der Waals surface area (Å²) < 4.78 is 36.0. The van der Waals surface area contributed by atoms with Gasteiger partial charge in [-0.2, -0.15) is 5.10 Å². The van der Waals surface area contributed by atoms with E-state index in [-0.39, 0.29) is 0 Å². The highest BCUT2D eigenvalue weighted by Crippen LogP contribution is 2.27. The van der Waals surface area contributed by atoms with Gasteiger partial charge in [-0.05, 0) is 35.9 Å². The Kier molecular flexibility index (Phi) is 5.24. The van der Waals surface area contributed by atoms with Crippen LogP contribution in [-0.2, 0) is 0 Å². The van der Waals surface area contributed by atoms with E-state index in [0.717, 1.165) is 12.1 Å². The quantitative estimate of drug-likeness (QED) is 0.681. The third-order valence-electron chi connectivity index (χ3n) is 2.97. The van der Waals surface area contributed by atoms with Gasteiger partial charge in [0.2, 0.25) is 0 Å². The molecule has 23 heavy (non-hydrogen) atoms. The summed E-state index contributed by atoms with van der Waals surface area (Å²) in [5.74, 6) is -1.51. The van der Waals surface area contributed by atoms with Crippen LogP contribution in [0.5, 0.6) is 11.5 Å². The molecule has 0 bridgehead atoms. The van der Waals surface area contributed by atoms with Crippen molar-refractivity contribution in [2.24, 2.45) is 5.10 Å². The van der Waals surface area contributed by atoms with E-state index in [1.807, 2.05) is 0 Å². The zero-order valence-electron chi connectivity index (χ0n) is 12.5. The van der Waals surface area contributed by atoms with Gasteiger partial charge in [0, 0.05) is 5.56 Å². The highest BCUT2D eigenvalue weighted by molar-refractivity contribution is 5.95. The minimum atomic E-state index is -0.986. The average molecular weight is 320 g/mol. The number of hydrazone groups is 1. The monoisotopic (exact) mass is 320 g/mol. The first-order valence-corrected chi connectivity index (χ1v) is 6.55. The van der Waals surface area contributed by atoms with Gasteiger partial charge in [-0.25, -0.2) is 14.2 Å². The molecule has 0 atom stereocenters. The Morgan fingerprint density at radius 3 is 2.43 bits per heavy atom. The van der Waals surface area contributed by atoms with Crippen molar-refractivity contribution in [3.8, 4) is 11.5 Å². The molecule has 0 spiro atoms. The Hall–Kier alpha value is -2.96. The largest absolute Gasteiger partial charge is 0.493 e. The molecule has 1 N–H and O–H groups in total. The first-order chi connectivity index (χ1) is 11.0. The summed E-state index contributed by atoms with van der Waals surface area (Å²) in [7, 11) is 2.95. The number of benzene rings is 2. The molecule has 2 rings (SSSR count). The molecule has 120 valence electrons. The maximum Gasteiger partial charge on any atom is 0.271 e. The van der Waals surface area contributed by atoms with Crippen molar-refractivity contribution in [1.29, 1.82) is 0 Å². The van der Waals surface area contributed by atoms with E-state index in [2.05, 4.69) is 10.5 Å². The number of methoxy groups -OCH3 is 2. The summed E-state index contributed by atoms with van der Waals surface area (Å²) in [5.41, 5.74) is 2.91. The normalized spacial score (nSPS) is 10.6. The van der Waals surface area contributed by atoms with Gasteiger partial charge in [-0.15, -0.1) is 0 Å². The van der Waals surface area contributed by atoms with Gasteiger partial charge in [0.05, 0.1) is 20.4 Å². The molecule has 0 aliphatic carbocycles. The summed E-state index contributed by atoms with van der Waals surface area (Å²) in [6.07, 6.45) is 1.21. The highest BCUT2D eigenvalue weighted by atomic mass is 19.2. The Morgan fingerprint density at radius 1 is 1.04 bits per heavy atom. The Labute approximate surface area is 131 Å². The molecule has 2 aromatic rings. The summed E-state index contributed by atoms with van der Waals surface area (Å²) in [5, 5.41) is 3.70. The van der Waals surface area contributed by atoms with Gasteiger partial charge in [0.15, 0.2) is 23.1 Å². The maximum atomic E-state index is 13.0. The molecule has 0 aliphatic heterocycles. The van der Waals surface area contributed by atoms with Crippen LogP contribution < -0.4 is 14.9 Å². The lowest BCUT2D eigenvalue weighted by atomic mass is 10.2. The number of ether oxygens (including phenoxy) is 2. The molecule has 0 radical (unpaired) electrons. The number of carbonyl (C=O) groups is 1. The first kappa shape index (κ1) is 16.4. The van der Waals surface area contributed by atoms with Crippen molar-refractivity contribution < 1.29 is 23.0 Å². The van der Waals surface area contributed by atoms with Crippen LogP contribution in [-0.4, -0.2) is 26.3 Å². The van der Waals surface area contributed by atoms with Gasteiger partial charge < -0.3 is 9.47 Å². The summed E-state index contributed by atoms with van der Waals surface area (Å²) in [4.78, 5) is 12.0. The van der Waals surface area contributed by atoms with Gasteiger partial charge in [0.25, 0.3) is 5.91 Å². The van der Waals surface area contributed by atoms with E-state index in [4.69, 9.17) is 9.47 Å². The van der Waals surface area contributed by atoms with Crippen LogP contribution in [0.4, 0.5) is 8.78 Å². The molecule has 2 aromatic carbocycles. The molecule has 0 saturated carbocycles. The van der Waals surface area contributed by atoms with Gasteiger partial charge in [0.1, 0.15) is 0 Å². The third kappa shape index (κ3) is 4.03. The van der Waals surface area contributed by atoms with E-state index in [9.17, 15) is 13.6 Å². The highest BCUT2D eigenvalue weighted by Gasteiger charge is 2.10. The first-order valence-electron chi connectivity index (χ1n) is 6.55. The molecule has 0 aromatic heterocycles. The predicted molar refractivity (Wildman–Crippen MR) is 81.0 cm³/mol. The molecule has 0 saturated heterocycles. The fourth-order valence-corrected chi connectivity index (χ4v) is 1.80. The number of hydrogen-bond donors (Lipinski definition) is 1. The fraction of sp³-hybridized carbons (Fsp3) is 0.125. The summed E-state index contributed by atoms with van der Waals surface area (Å²) in [6, 6.07) is 7.93. The summed E-state index contributed by atoms with van der Waals surface area (Å²) >= 11 is 0. The zero-order valence-corrected chi connectivity index (χ0v) is 12.5. The second kappa shape index (κ2) is 7.35. The van der Waals surface area contributed by atoms with Crippen LogP contribution in [0.15, 0.2) is 41.5 Å². The number of nitrogens with zero attached hydrogens (tertiary/aromatic N) is 1. The number of carbonyl (C=O) groups excluding carboxylic acids is 1. The molecule has 0 fully saturated rings. The maximum absolute atomic E-state index is 13.0. The van der Waals surface area contributed by atoms with Gasteiger partial charge >= 0.3 is 0 Å². The Balaban J connectivity index is 2.07. The molecule has 0 unspecified atom stereocenters. The van der Waals surface area contributed by atoms with E-state index in [1.54, 1.807) is 12.1 Å². The Morgan fingerprint density at radius 2 is 1.78 bits per heavy atom. The van der Waals surface area contributed by atoms with Crippen molar-refractivity contribution in [2.75, 3.05) is 14.2 Å². The van der Waals surface area contributed by atoms with Crippen LogP contribution in [0, 0.1) is 11.6 Å². The Bertz CT molecular complexity index is 748. The van der Waals surface area contributed by atoms with Crippen LogP contribution in [0.2, 0.25) is 0 Å². The number of amides is 1. The summed E-state index contributed by atoms with van der Waals surface area (Å²) in [6.45, 7) is 0. The standard InChI is InChI=1S/C16H14F2N2O3/c1-22-14-6-4-11(8-15(14)23-2)16(21)20-19-9-10-3-5-12(17)13(18)7-10/h3-9H,1-2H3,(H,20,21)/b19-9+. The molecule has 0 aliphatic rings. The minimum Gasteiger partial charge on any atom is -0.493 e. The predicted octanol–water partition coefficient (Wildman–Crippen LogP) is 2.75. The average Bonchev–Trinajstić information content (AvgIpc) is 2.57. The molecule has 1 amide bonds. The third-order valence-corrected chi connectivity index (χ3v) is 2.97. The molecular weight excluding hydrogens is 306 g/mol. The van der Waals surface area contributed by atoms with E-state index in [1.165, 1.54) is 32.6 Å². The topological polar surface area (TPSA) is 59.9 Å². The van der Waals surface area contributed by atoms with Crippen molar-refractivity contribution in [1.82, 2.24) is 5.43 Å². The van der Waals surface area contributed by atoms with E-state index in [0.29, 0.717) is 22.6 Å². The van der Waals surface area contributed by atoms with E-state index >= 15 is 0 Å². The number of halogens is 2. The molecular formula is C16H14F2N2O3. The van der Waals surface area contributed by atoms with Crippen LogP contribution in [0.3, 0.4) is 0 Å². The number of rotatable bonds is 5. The zero-order chi connectivity index (χ0) is 16.8. The van der Waals surface area contributed by atoms with Crippen molar-refractivity contribution in [2.45, 2.75) is 0 Å². The van der Waals surface area contributed by atoms with Crippen LogP contribution in [0.1, 0.15) is 15.9 Å².